The van der Waals surface area contributed by atoms with Crippen LogP contribution in [0.5, 0.6) is 0 Å². The number of aromatic nitrogens is 1. The molecule has 3 atom stereocenters. The lowest BCUT2D eigenvalue weighted by Crippen LogP contribution is -2.46. The maximum absolute atomic E-state index is 12.7. The summed E-state index contributed by atoms with van der Waals surface area (Å²) in [6.45, 7) is 0. The van der Waals surface area contributed by atoms with Crippen molar-refractivity contribution in [2.75, 3.05) is 0 Å². The maximum atomic E-state index is 12.7. The van der Waals surface area contributed by atoms with E-state index >= 15 is 0 Å². The highest BCUT2D eigenvalue weighted by atomic mass is 16.4. The van der Waals surface area contributed by atoms with Crippen molar-refractivity contribution >= 4 is 28.7 Å². The Morgan fingerprint density at radius 1 is 1.16 bits per heavy atom. The lowest BCUT2D eigenvalue weighted by Gasteiger charge is -2.23. The Balaban J connectivity index is 1.66. The van der Waals surface area contributed by atoms with Gasteiger partial charge in [-0.15, -0.1) is 0 Å². The van der Waals surface area contributed by atoms with Gasteiger partial charge in [-0.3, -0.25) is 14.5 Å². The largest absolute Gasteiger partial charge is 0.480 e. The summed E-state index contributed by atoms with van der Waals surface area (Å²) >= 11 is 0. The molecule has 1 aliphatic carbocycles. The number of rotatable bonds is 4. The molecule has 1 saturated heterocycles. The average Bonchev–Trinajstić information content (AvgIpc) is 3.13. The third-order valence-corrected chi connectivity index (χ3v) is 5.56. The standard InChI is InChI=1S/C19H20N2O4/c22-17-13-6-1-2-7-14(13)18(23)21(17)16(19(24)25)9-11-10-20-15-8-4-3-5-12(11)15/h3-5,8,10,13-14,16,20H,1-2,6-7,9H2,(H,24,25)/t13-,14-,16-/m0/s1. The number of likely N-dealkylation sites (tertiary alicyclic amines) is 1. The summed E-state index contributed by atoms with van der Waals surface area (Å²) in [5, 5.41) is 10.6. The molecule has 1 aromatic heterocycles. The molecule has 0 bridgehead atoms. The monoisotopic (exact) mass is 340 g/mol. The fourth-order valence-corrected chi connectivity index (χ4v) is 4.29. The van der Waals surface area contributed by atoms with Crippen LogP contribution in [-0.4, -0.2) is 38.8 Å². The lowest BCUT2D eigenvalue weighted by atomic mass is 9.81. The van der Waals surface area contributed by atoms with Crippen molar-refractivity contribution in [2.24, 2.45) is 11.8 Å². The number of carboxylic acids is 1. The van der Waals surface area contributed by atoms with Crippen molar-refractivity contribution < 1.29 is 19.5 Å². The van der Waals surface area contributed by atoms with Crippen molar-refractivity contribution in [3.63, 3.8) is 0 Å². The number of carbonyl (C=O) groups is 3. The normalized spacial score (nSPS) is 24.6. The van der Waals surface area contributed by atoms with Gasteiger partial charge in [0.05, 0.1) is 11.8 Å². The predicted molar refractivity (Wildman–Crippen MR) is 90.7 cm³/mol. The van der Waals surface area contributed by atoms with Crippen LogP contribution in [0.3, 0.4) is 0 Å². The van der Waals surface area contributed by atoms with E-state index in [-0.39, 0.29) is 30.1 Å². The summed E-state index contributed by atoms with van der Waals surface area (Å²) in [7, 11) is 0. The summed E-state index contributed by atoms with van der Waals surface area (Å²) in [6, 6.07) is 6.46. The number of carbonyl (C=O) groups excluding carboxylic acids is 2. The molecule has 2 aliphatic rings. The van der Waals surface area contributed by atoms with Crippen LogP contribution >= 0.6 is 0 Å². The van der Waals surface area contributed by atoms with Crippen molar-refractivity contribution in [1.82, 2.24) is 9.88 Å². The predicted octanol–water partition coefficient (Wildman–Crippen LogP) is 2.34. The fourth-order valence-electron chi connectivity index (χ4n) is 4.29. The summed E-state index contributed by atoms with van der Waals surface area (Å²) in [5.41, 5.74) is 1.72. The number of imide groups is 1. The van der Waals surface area contributed by atoms with Crippen molar-refractivity contribution in [2.45, 2.75) is 38.1 Å². The van der Waals surface area contributed by atoms with Gasteiger partial charge in [0, 0.05) is 23.5 Å². The van der Waals surface area contributed by atoms with Crippen LogP contribution < -0.4 is 0 Å². The maximum Gasteiger partial charge on any atom is 0.327 e. The van der Waals surface area contributed by atoms with Crippen molar-refractivity contribution in [1.29, 1.82) is 0 Å². The van der Waals surface area contributed by atoms with E-state index in [4.69, 9.17) is 0 Å². The van der Waals surface area contributed by atoms with Crippen LogP contribution in [0.25, 0.3) is 10.9 Å². The average molecular weight is 340 g/mol. The second-order valence-corrected chi connectivity index (χ2v) is 6.96. The zero-order valence-electron chi connectivity index (χ0n) is 13.8. The molecule has 0 radical (unpaired) electrons. The number of carboxylic acid groups (broad SMARTS) is 1. The quantitative estimate of drug-likeness (QED) is 0.836. The fraction of sp³-hybridized carbons (Fsp3) is 0.421. The minimum atomic E-state index is -1.15. The number of nitrogens with zero attached hydrogens (tertiary/aromatic N) is 1. The van der Waals surface area contributed by atoms with E-state index in [1.165, 1.54) is 0 Å². The SMILES string of the molecule is O=C(O)[C@H](Cc1c[nH]c2ccccc12)N1C(=O)[C@H]2CCCC[C@@H]2C1=O. The minimum Gasteiger partial charge on any atom is -0.480 e. The Morgan fingerprint density at radius 3 is 2.44 bits per heavy atom. The number of aliphatic carboxylic acids is 1. The molecule has 6 nitrogen and oxygen atoms in total. The Morgan fingerprint density at radius 2 is 1.80 bits per heavy atom. The Hall–Kier alpha value is -2.63. The molecule has 2 aromatic rings. The molecule has 1 aliphatic heterocycles. The van der Waals surface area contributed by atoms with Crippen LogP contribution in [0, 0.1) is 11.8 Å². The highest BCUT2D eigenvalue weighted by Crippen LogP contribution is 2.39. The van der Waals surface area contributed by atoms with E-state index in [9.17, 15) is 19.5 Å². The first-order valence-corrected chi connectivity index (χ1v) is 8.72. The zero-order chi connectivity index (χ0) is 17.6. The highest BCUT2D eigenvalue weighted by molar-refractivity contribution is 6.07. The van der Waals surface area contributed by atoms with Gasteiger partial charge in [-0.25, -0.2) is 4.79 Å². The summed E-state index contributed by atoms with van der Waals surface area (Å²) in [4.78, 5) is 41.5. The molecule has 1 aromatic carbocycles. The molecule has 25 heavy (non-hydrogen) atoms. The molecule has 4 rings (SSSR count). The van der Waals surface area contributed by atoms with Gasteiger partial charge in [0.1, 0.15) is 6.04 Å². The first-order valence-electron chi connectivity index (χ1n) is 8.72. The van der Waals surface area contributed by atoms with Gasteiger partial charge in [0.2, 0.25) is 11.8 Å². The Kier molecular flexibility index (Phi) is 3.82. The van der Waals surface area contributed by atoms with E-state index in [1.54, 1.807) is 6.20 Å². The summed E-state index contributed by atoms with van der Waals surface area (Å²) < 4.78 is 0. The van der Waals surface area contributed by atoms with Gasteiger partial charge in [-0.1, -0.05) is 31.0 Å². The number of amides is 2. The molecule has 2 heterocycles. The van der Waals surface area contributed by atoms with Gasteiger partial charge >= 0.3 is 5.97 Å². The van der Waals surface area contributed by atoms with Crippen LogP contribution in [-0.2, 0) is 20.8 Å². The smallest absolute Gasteiger partial charge is 0.327 e. The molecular formula is C19H20N2O4. The van der Waals surface area contributed by atoms with Crippen molar-refractivity contribution in [3.05, 3.63) is 36.0 Å². The van der Waals surface area contributed by atoms with Crippen molar-refractivity contribution in [3.8, 4) is 0 Å². The number of fused-ring (bicyclic) bond motifs is 2. The van der Waals surface area contributed by atoms with Gasteiger partial charge in [-0.2, -0.15) is 0 Å². The topological polar surface area (TPSA) is 90.5 Å². The minimum absolute atomic E-state index is 0.121. The number of aromatic amines is 1. The van der Waals surface area contributed by atoms with Gasteiger partial charge < -0.3 is 10.1 Å². The van der Waals surface area contributed by atoms with Crippen LogP contribution in [0.1, 0.15) is 31.2 Å². The van der Waals surface area contributed by atoms with Gasteiger partial charge in [-0.05, 0) is 24.5 Å². The second kappa shape index (κ2) is 6.02. The van der Waals surface area contributed by atoms with E-state index < -0.39 is 12.0 Å². The number of hydrogen-bond acceptors (Lipinski definition) is 3. The number of hydrogen-bond donors (Lipinski definition) is 2. The second-order valence-electron chi connectivity index (χ2n) is 6.96. The van der Waals surface area contributed by atoms with E-state index in [1.807, 2.05) is 24.3 Å². The first-order chi connectivity index (χ1) is 12.1. The molecule has 2 fully saturated rings. The number of H-pyrrole nitrogens is 1. The number of nitrogens with one attached hydrogen (secondary N) is 1. The molecule has 0 unspecified atom stereocenters. The molecule has 130 valence electrons. The third kappa shape index (κ3) is 2.52. The molecule has 0 spiro atoms. The summed E-state index contributed by atoms with van der Waals surface area (Å²) in [6.07, 6.45) is 5.10. The molecule has 1 saturated carbocycles. The van der Waals surface area contributed by atoms with Crippen LogP contribution in [0.4, 0.5) is 0 Å². The first kappa shape index (κ1) is 15.9. The molecule has 2 amide bonds. The molecule has 2 N–H and O–H groups in total. The Labute approximate surface area is 144 Å². The van der Waals surface area contributed by atoms with Crippen LogP contribution in [0.2, 0.25) is 0 Å². The summed E-state index contributed by atoms with van der Waals surface area (Å²) in [5.74, 6) is -2.40. The van der Waals surface area contributed by atoms with Gasteiger partial charge in [0.25, 0.3) is 0 Å². The number of benzene rings is 1. The lowest BCUT2D eigenvalue weighted by molar-refractivity contribution is -0.155. The zero-order valence-corrected chi connectivity index (χ0v) is 13.8. The third-order valence-electron chi connectivity index (χ3n) is 5.56. The van der Waals surface area contributed by atoms with Gasteiger partial charge in [0.15, 0.2) is 0 Å². The van der Waals surface area contributed by atoms with E-state index in [0.717, 1.165) is 34.2 Å². The molecule has 6 heteroatoms. The Bertz CT molecular complexity index is 832. The van der Waals surface area contributed by atoms with E-state index in [0.29, 0.717) is 12.8 Å². The molecular weight excluding hydrogens is 320 g/mol. The highest BCUT2D eigenvalue weighted by Gasteiger charge is 2.51. The van der Waals surface area contributed by atoms with E-state index in [2.05, 4.69) is 4.98 Å². The number of para-hydroxylation sites is 1. The van der Waals surface area contributed by atoms with Crippen LogP contribution in [0.15, 0.2) is 30.5 Å².